The van der Waals surface area contributed by atoms with Gasteiger partial charge >= 0.3 is 12.6 Å². The monoisotopic (exact) mass is 271 g/mol. The van der Waals surface area contributed by atoms with Crippen molar-refractivity contribution in [2.75, 3.05) is 0 Å². The Kier molecular flexibility index (Phi) is 5.21. The summed E-state index contributed by atoms with van der Waals surface area (Å²) in [6.45, 7) is -3.05. The molecule has 1 unspecified atom stereocenters. The number of ether oxygens (including phenoxy) is 1. The van der Waals surface area contributed by atoms with Crippen LogP contribution in [0.3, 0.4) is 0 Å². The highest BCUT2D eigenvalue weighted by atomic mass is 19.3. The van der Waals surface area contributed by atoms with Crippen LogP contribution in [0.4, 0.5) is 8.78 Å². The quantitative estimate of drug-likeness (QED) is 0.824. The third kappa shape index (κ3) is 4.52. The summed E-state index contributed by atoms with van der Waals surface area (Å²) in [5.41, 5.74) is 0.369. The third-order valence-electron chi connectivity index (χ3n) is 2.29. The number of aliphatic carboxylic acids is 1. The van der Waals surface area contributed by atoms with Gasteiger partial charge in [0.15, 0.2) is 6.10 Å². The Labute approximate surface area is 107 Å². The van der Waals surface area contributed by atoms with Gasteiger partial charge in [0.25, 0.3) is 0 Å². The summed E-state index contributed by atoms with van der Waals surface area (Å²) in [4.78, 5) is 10.7. The lowest BCUT2D eigenvalue weighted by Crippen LogP contribution is -2.11. The van der Waals surface area contributed by atoms with Crippen LogP contribution in [-0.2, 0) is 11.2 Å². The van der Waals surface area contributed by atoms with Gasteiger partial charge in [0.2, 0.25) is 0 Å². The first kappa shape index (κ1) is 14.9. The van der Waals surface area contributed by atoms with Gasteiger partial charge in [0, 0.05) is 6.42 Å². The third-order valence-corrected chi connectivity index (χ3v) is 2.29. The maximum atomic E-state index is 12.1. The summed E-state index contributed by atoms with van der Waals surface area (Å²) < 4.78 is 28.5. The number of hydrogen-bond acceptors (Lipinski definition) is 4. The predicted molar refractivity (Wildman–Crippen MR) is 59.6 cm³/mol. The van der Waals surface area contributed by atoms with Crippen molar-refractivity contribution in [3.05, 3.63) is 29.3 Å². The van der Waals surface area contributed by atoms with E-state index in [2.05, 4.69) is 4.74 Å². The molecule has 0 radical (unpaired) electrons. The number of carboxylic acid groups (broad SMARTS) is 1. The van der Waals surface area contributed by atoms with Crippen LogP contribution in [0.5, 0.6) is 5.75 Å². The van der Waals surface area contributed by atoms with Gasteiger partial charge in [0.1, 0.15) is 5.75 Å². The fourth-order valence-electron chi connectivity index (χ4n) is 1.50. The summed E-state index contributed by atoms with van der Waals surface area (Å²) in [6.07, 6.45) is -1.45. The maximum absolute atomic E-state index is 12.1. The zero-order valence-electron chi connectivity index (χ0n) is 9.72. The molecular formula is C12H11F2NO4. The van der Waals surface area contributed by atoms with Crippen LogP contribution in [0.25, 0.3) is 0 Å². The molecule has 7 heteroatoms. The minimum atomic E-state index is -3.05. The molecule has 0 aromatic heterocycles. The Morgan fingerprint density at radius 3 is 2.63 bits per heavy atom. The number of alkyl halides is 2. The van der Waals surface area contributed by atoms with E-state index in [9.17, 15) is 18.7 Å². The lowest BCUT2D eigenvalue weighted by Gasteiger charge is -2.12. The number of aliphatic hydroxyl groups is 1. The molecule has 2 N–H and O–H groups in total. The van der Waals surface area contributed by atoms with Gasteiger partial charge < -0.3 is 14.9 Å². The maximum Gasteiger partial charge on any atom is 0.387 e. The molecule has 1 aromatic carbocycles. The normalized spacial score (nSPS) is 11.9. The summed E-state index contributed by atoms with van der Waals surface area (Å²) in [6, 6.07) is 5.53. The molecule has 1 atom stereocenters. The molecule has 0 heterocycles. The lowest BCUT2D eigenvalue weighted by molar-refractivity contribution is -0.146. The molecule has 0 aliphatic carbocycles. The lowest BCUT2D eigenvalue weighted by atomic mass is 10.0. The standard InChI is InChI=1S/C12H11F2NO4/c13-12(14)19-9-5-7(2-1-3-15)4-8(6-9)10(16)11(17)18/h4-6,10,12,16H,1-2H2,(H,17,18). The Hall–Kier alpha value is -2.20. The molecule has 1 rings (SSSR count). The zero-order chi connectivity index (χ0) is 14.4. The van der Waals surface area contributed by atoms with Crippen molar-refractivity contribution < 1.29 is 28.5 Å². The largest absolute Gasteiger partial charge is 0.479 e. The number of aryl methyl sites for hydroxylation is 1. The van der Waals surface area contributed by atoms with E-state index < -0.39 is 18.7 Å². The van der Waals surface area contributed by atoms with Gasteiger partial charge in [0.05, 0.1) is 6.07 Å². The van der Waals surface area contributed by atoms with E-state index in [1.807, 2.05) is 6.07 Å². The molecule has 0 bridgehead atoms. The number of nitriles is 1. The number of carbonyl (C=O) groups is 1. The van der Waals surface area contributed by atoms with Crippen LogP contribution in [0.1, 0.15) is 23.7 Å². The molecule has 0 aliphatic rings. The molecule has 0 aliphatic heterocycles. The summed E-state index contributed by atoms with van der Waals surface area (Å²) in [5, 5.41) is 26.5. The Balaban J connectivity index is 3.08. The number of hydrogen-bond donors (Lipinski definition) is 2. The minimum absolute atomic E-state index is 0.0708. The Bertz CT molecular complexity index is 499. The highest BCUT2D eigenvalue weighted by Gasteiger charge is 2.18. The van der Waals surface area contributed by atoms with E-state index >= 15 is 0 Å². The number of carboxylic acids is 1. The second-order valence-electron chi connectivity index (χ2n) is 3.69. The van der Waals surface area contributed by atoms with Crippen LogP contribution in [0, 0.1) is 11.3 Å². The van der Waals surface area contributed by atoms with Crippen molar-refractivity contribution in [3.63, 3.8) is 0 Å². The van der Waals surface area contributed by atoms with E-state index in [1.54, 1.807) is 0 Å². The van der Waals surface area contributed by atoms with Crippen molar-refractivity contribution >= 4 is 5.97 Å². The second kappa shape index (κ2) is 6.66. The van der Waals surface area contributed by atoms with Crippen molar-refractivity contribution in [1.29, 1.82) is 5.26 Å². The first-order valence-electron chi connectivity index (χ1n) is 5.30. The first-order chi connectivity index (χ1) is 8.93. The van der Waals surface area contributed by atoms with Gasteiger partial charge in [-0.1, -0.05) is 6.07 Å². The Morgan fingerprint density at radius 2 is 2.11 bits per heavy atom. The van der Waals surface area contributed by atoms with Gasteiger partial charge in [-0.05, 0) is 29.7 Å². The van der Waals surface area contributed by atoms with Crippen LogP contribution in [0.15, 0.2) is 18.2 Å². The molecule has 5 nitrogen and oxygen atoms in total. The van der Waals surface area contributed by atoms with E-state index in [0.29, 0.717) is 5.56 Å². The molecule has 19 heavy (non-hydrogen) atoms. The zero-order valence-corrected chi connectivity index (χ0v) is 9.72. The van der Waals surface area contributed by atoms with Gasteiger partial charge in [-0.15, -0.1) is 0 Å². The van der Waals surface area contributed by atoms with Gasteiger partial charge in [-0.3, -0.25) is 0 Å². The van der Waals surface area contributed by atoms with Crippen molar-refractivity contribution in [2.45, 2.75) is 25.6 Å². The number of rotatable bonds is 6. The van der Waals surface area contributed by atoms with Crippen LogP contribution >= 0.6 is 0 Å². The van der Waals surface area contributed by atoms with Crippen molar-refractivity contribution in [2.24, 2.45) is 0 Å². The van der Waals surface area contributed by atoms with Crippen LogP contribution in [0.2, 0.25) is 0 Å². The fourth-order valence-corrected chi connectivity index (χ4v) is 1.50. The molecule has 1 aromatic rings. The van der Waals surface area contributed by atoms with E-state index in [1.165, 1.54) is 12.1 Å². The number of nitrogens with zero attached hydrogens (tertiary/aromatic N) is 1. The highest BCUT2D eigenvalue weighted by molar-refractivity contribution is 5.74. The fraction of sp³-hybridized carbons (Fsp3) is 0.333. The van der Waals surface area contributed by atoms with E-state index in [-0.39, 0.29) is 24.2 Å². The van der Waals surface area contributed by atoms with E-state index in [4.69, 9.17) is 10.4 Å². The summed E-state index contributed by atoms with van der Waals surface area (Å²) >= 11 is 0. The summed E-state index contributed by atoms with van der Waals surface area (Å²) in [7, 11) is 0. The molecule has 0 amide bonds. The number of halogens is 2. The van der Waals surface area contributed by atoms with Gasteiger partial charge in [-0.25, -0.2) is 4.79 Å². The minimum Gasteiger partial charge on any atom is -0.479 e. The number of benzene rings is 1. The smallest absolute Gasteiger partial charge is 0.387 e. The average Bonchev–Trinajstić information content (AvgIpc) is 2.34. The van der Waals surface area contributed by atoms with Crippen molar-refractivity contribution in [3.8, 4) is 11.8 Å². The molecule has 0 spiro atoms. The average molecular weight is 271 g/mol. The SMILES string of the molecule is N#CCCc1cc(OC(F)F)cc(C(O)C(=O)O)c1. The predicted octanol–water partition coefficient (Wildman–Crippen LogP) is 1.86. The molecular weight excluding hydrogens is 260 g/mol. The van der Waals surface area contributed by atoms with Crippen molar-refractivity contribution in [1.82, 2.24) is 0 Å². The van der Waals surface area contributed by atoms with Crippen LogP contribution in [-0.4, -0.2) is 22.8 Å². The topological polar surface area (TPSA) is 90.5 Å². The molecule has 0 saturated heterocycles. The number of aliphatic hydroxyl groups excluding tert-OH is 1. The van der Waals surface area contributed by atoms with Gasteiger partial charge in [-0.2, -0.15) is 14.0 Å². The molecule has 0 fully saturated rings. The van der Waals surface area contributed by atoms with Crippen LogP contribution < -0.4 is 4.74 Å². The Morgan fingerprint density at radius 1 is 1.42 bits per heavy atom. The summed E-state index contributed by atoms with van der Waals surface area (Å²) in [5.74, 6) is -1.75. The highest BCUT2D eigenvalue weighted by Crippen LogP contribution is 2.24. The van der Waals surface area contributed by atoms with E-state index in [0.717, 1.165) is 6.07 Å². The molecule has 102 valence electrons. The molecule has 0 saturated carbocycles. The first-order valence-corrected chi connectivity index (χ1v) is 5.30. The second-order valence-corrected chi connectivity index (χ2v) is 3.69.